The van der Waals surface area contributed by atoms with Crippen molar-refractivity contribution in [3.63, 3.8) is 0 Å². The topological polar surface area (TPSA) is 131 Å². The van der Waals surface area contributed by atoms with E-state index < -0.39 is 20.0 Å². The molecule has 0 radical (unpaired) electrons. The molecule has 9 heteroatoms. The molecule has 1 amide bonds. The maximum atomic E-state index is 12.8. The summed E-state index contributed by atoms with van der Waals surface area (Å²) in [6.07, 6.45) is 60.9. The minimum atomic E-state index is -4.35. The molecule has 0 aliphatic heterocycles. The molecule has 0 aliphatic rings. The van der Waals surface area contributed by atoms with Crippen LogP contribution in [0.25, 0.3) is 0 Å². The zero-order chi connectivity index (χ0) is 43.9. The molecule has 0 saturated heterocycles. The Morgan fingerprint density at radius 2 is 0.967 bits per heavy atom. The quantitative estimate of drug-likeness (QED) is 0.0272. The summed E-state index contributed by atoms with van der Waals surface area (Å²) < 4.78 is 22.2. The predicted octanol–water partition coefficient (Wildman–Crippen LogP) is 14.4. The van der Waals surface area contributed by atoms with Gasteiger partial charge in [-0.3, -0.25) is 13.8 Å². The lowest BCUT2D eigenvalue weighted by atomic mass is 10.0. The molecule has 348 valence electrons. The lowest BCUT2D eigenvalue weighted by Gasteiger charge is -2.23. The van der Waals surface area contributed by atoms with E-state index in [2.05, 4.69) is 79.9 Å². The fourth-order valence-corrected chi connectivity index (χ4v) is 7.62. The number of amides is 1. The average Bonchev–Trinajstić information content (AvgIpc) is 3.24. The second kappa shape index (κ2) is 46.4. The number of aliphatic hydroxyl groups excluding tert-OH is 1. The molecule has 8 nitrogen and oxygen atoms in total. The smallest absolute Gasteiger partial charge is 0.387 e. The highest BCUT2D eigenvalue weighted by atomic mass is 31.2. The summed E-state index contributed by atoms with van der Waals surface area (Å²) in [4.78, 5) is 22.8. The molecule has 60 heavy (non-hydrogen) atoms. The summed E-state index contributed by atoms with van der Waals surface area (Å²) in [5.74, 6) is -0.207. The van der Waals surface area contributed by atoms with Crippen LogP contribution in [0.5, 0.6) is 0 Å². The lowest BCUT2D eigenvalue weighted by molar-refractivity contribution is -0.123. The Balaban J connectivity index is 4.17. The predicted molar refractivity (Wildman–Crippen MR) is 258 cm³/mol. The molecule has 3 unspecified atom stereocenters. The van der Waals surface area contributed by atoms with Crippen molar-refractivity contribution in [2.45, 2.75) is 225 Å². The molecule has 0 saturated carbocycles. The summed E-state index contributed by atoms with van der Waals surface area (Å²) in [5, 5.41) is 13.7. The Morgan fingerprint density at radius 1 is 0.567 bits per heavy atom. The molecule has 0 aromatic carbocycles. The van der Waals surface area contributed by atoms with Crippen LogP contribution < -0.4 is 11.1 Å². The van der Waals surface area contributed by atoms with Crippen LogP contribution in [0.4, 0.5) is 0 Å². The Bertz CT molecular complexity index is 1170. The van der Waals surface area contributed by atoms with Gasteiger partial charge >= 0.3 is 7.82 Å². The second-order valence-corrected chi connectivity index (χ2v) is 17.7. The SMILES string of the molecule is CC/C=C\C/C=C\C/C=C\C/C=C\C/C=C\CCCCCCCCCC(=O)NC(COP(=O)(O)OCCN)C(O)/C=C/CCCCCCCCCCCCCCCCCC. The van der Waals surface area contributed by atoms with Crippen LogP contribution >= 0.6 is 7.82 Å². The van der Waals surface area contributed by atoms with Crippen LogP contribution in [0.2, 0.25) is 0 Å². The standard InChI is InChI=1S/C51H93N2O6P/c1-3-5-7-9-11-13-15-17-19-21-23-24-25-26-27-29-31-33-35-37-39-41-43-45-51(55)53-49(48-59-60(56,57)58-47-46-52)50(54)44-42-40-38-36-34-32-30-28-22-20-18-16-14-12-10-8-6-4-2/h5,7,11,13,17,19,23-24,26-27,42,44,49-50,54H,3-4,6,8-10,12,14-16,18,20-22,25,28-41,43,45-48,52H2,1-2H3,(H,53,55)(H,56,57)/b7-5-,13-11-,19-17-,24-23-,27-26-,44-42+. The number of aliphatic hydroxyl groups is 1. The van der Waals surface area contributed by atoms with Crippen molar-refractivity contribution in [3.8, 4) is 0 Å². The fourth-order valence-electron chi connectivity index (χ4n) is 6.86. The van der Waals surface area contributed by atoms with Gasteiger partial charge in [0.05, 0.1) is 25.4 Å². The first-order valence-corrected chi connectivity index (χ1v) is 26.1. The van der Waals surface area contributed by atoms with Gasteiger partial charge in [-0.05, 0) is 64.2 Å². The van der Waals surface area contributed by atoms with Crippen molar-refractivity contribution < 1.29 is 28.4 Å². The first kappa shape index (κ1) is 57.9. The lowest BCUT2D eigenvalue weighted by Crippen LogP contribution is -2.45. The molecular weight excluding hydrogens is 768 g/mol. The summed E-state index contributed by atoms with van der Waals surface area (Å²) >= 11 is 0. The molecule has 0 aliphatic carbocycles. The van der Waals surface area contributed by atoms with E-state index >= 15 is 0 Å². The van der Waals surface area contributed by atoms with Crippen molar-refractivity contribution in [2.24, 2.45) is 5.73 Å². The number of unbranched alkanes of at least 4 members (excludes halogenated alkanes) is 23. The van der Waals surface area contributed by atoms with Crippen molar-refractivity contribution in [3.05, 3.63) is 72.9 Å². The number of hydrogen-bond donors (Lipinski definition) is 4. The third-order valence-electron chi connectivity index (χ3n) is 10.5. The van der Waals surface area contributed by atoms with Crippen LogP contribution in [0.3, 0.4) is 0 Å². The van der Waals surface area contributed by atoms with Gasteiger partial charge in [-0.15, -0.1) is 0 Å². The Kier molecular flexibility index (Phi) is 44.8. The summed E-state index contributed by atoms with van der Waals surface area (Å²) in [5.41, 5.74) is 5.39. The Hall–Kier alpha value is -2.06. The first-order valence-electron chi connectivity index (χ1n) is 24.6. The van der Waals surface area contributed by atoms with Gasteiger partial charge in [-0.1, -0.05) is 215 Å². The van der Waals surface area contributed by atoms with Gasteiger partial charge in [-0.2, -0.15) is 0 Å². The van der Waals surface area contributed by atoms with Crippen molar-refractivity contribution in [1.82, 2.24) is 5.32 Å². The minimum absolute atomic E-state index is 0.0733. The summed E-state index contributed by atoms with van der Waals surface area (Å²) in [6.45, 7) is 4.02. The third kappa shape index (κ3) is 44.0. The van der Waals surface area contributed by atoms with Gasteiger partial charge in [0.25, 0.3) is 0 Å². The monoisotopic (exact) mass is 861 g/mol. The number of phosphoric acid groups is 1. The van der Waals surface area contributed by atoms with E-state index in [0.29, 0.717) is 6.42 Å². The number of carbonyl (C=O) groups excluding carboxylic acids is 1. The van der Waals surface area contributed by atoms with E-state index in [1.165, 1.54) is 109 Å². The van der Waals surface area contributed by atoms with E-state index in [9.17, 15) is 19.4 Å². The molecule has 0 spiro atoms. The van der Waals surface area contributed by atoms with Crippen molar-refractivity contribution >= 4 is 13.7 Å². The maximum absolute atomic E-state index is 12.8. The van der Waals surface area contributed by atoms with Crippen LogP contribution in [-0.2, 0) is 18.4 Å². The van der Waals surface area contributed by atoms with Gasteiger partial charge in [0.2, 0.25) is 5.91 Å². The molecular formula is C51H93N2O6P. The molecule has 0 heterocycles. The molecule has 0 fully saturated rings. The number of nitrogens with two attached hydrogens (primary N) is 1. The molecule has 0 aromatic rings. The Morgan fingerprint density at radius 3 is 1.42 bits per heavy atom. The molecule has 0 aromatic heterocycles. The van der Waals surface area contributed by atoms with Crippen LogP contribution in [0.15, 0.2) is 72.9 Å². The number of nitrogens with one attached hydrogen (secondary N) is 1. The second-order valence-electron chi connectivity index (χ2n) is 16.3. The Labute approximate surface area is 369 Å². The zero-order valence-corrected chi connectivity index (χ0v) is 39.6. The maximum Gasteiger partial charge on any atom is 0.472 e. The molecule has 5 N–H and O–H groups in total. The highest BCUT2D eigenvalue weighted by Crippen LogP contribution is 2.43. The van der Waals surface area contributed by atoms with E-state index in [1.807, 2.05) is 6.08 Å². The van der Waals surface area contributed by atoms with Gasteiger partial charge in [0, 0.05) is 13.0 Å². The highest BCUT2D eigenvalue weighted by molar-refractivity contribution is 7.47. The summed E-state index contributed by atoms with van der Waals surface area (Å²) in [6, 6.07) is -0.871. The molecule has 3 atom stereocenters. The number of rotatable bonds is 45. The van der Waals surface area contributed by atoms with E-state index in [0.717, 1.165) is 83.5 Å². The van der Waals surface area contributed by atoms with Gasteiger partial charge in [-0.25, -0.2) is 4.57 Å². The number of allylic oxidation sites excluding steroid dienone is 11. The zero-order valence-electron chi connectivity index (χ0n) is 38.7. The van der Waals surface area contributed by atoms with Crippen molar-refractivity contribution in [1.29, 1.82) is 0 Å². The van der Waals surface area contributed by atoms with Gasteiger partial charge < -0.3 is 21.1 Å². The largest absolute Gasteiger partial charge is 0.472 e. The van der Waals surface area contributed by atoms with E-state index in [4.69, 9.17) is 14.8 Å². The van der Waals surface area contributed by atoms with Gasteiger partial charge in [0.15, 0.2) is 0 Å². The highest BCUT2D eigenvalue weighted by Gasteiger charge is 2.26. The van der Waals surface area contributed by atoms with E-state index in [1.54, 1.807) is 6.08 Å². The van der Waals surface area contributed by atoms with Crippen LogP contribution in [0.1, 0.15) is 213 Å². The number of carbonyl (C=O) groups is 1. The number of phosphoric ester groups is 1. The first-order chi connectivity index (χ1) is 29.4. The minimum Gasteiger partial charge on any atom is -0.387 e. The van der Waals surface area contributed by atoms with Crippen LogP contribution in [-0.4, -0.2) is 47.8 Å². The molecule has 0 bridgehead atoms. The average molecular weight is 861 g/mol. The summed E-state index contributed by atoms with van der Waals surface area (Å²) in [7, 11) is -4.35. The normalized spacial score (nSPS) is 14.6. The fraction of sp³-hybridized carbons (Fsp3) is 0.745. The van der Waals surface area contributed by atoms with Gasteiger partial charge in [0.1, 0.15) is 0 Å². The third-order valence-corrected chi connectivity index (χ3v) is 11.5. The number of hydrogen-bond acceptors (Lipinski definition) is 6. The van der Waals surface area contributed by atoms with Crippen LogP contribution in [0, 0.1) is 0 Å². The van der Waals surface area contributed by atoms with Crippen molar-refractivity contribution in [2.75, 3.05) is 19.8 Å². The molecule has 0 rings (SSSR count). The van der Waals surface area contributed by atoms with E-state index in [-0.39, 0.29) is 25.7 Å².